The summed E-state index contributed by atoms with van der Waals surface area (Å²) < 4.78 is 0. The first-order valence-electron chi connectivity index (χ1n) is 6.47. The van der Waals surface area contributed by atoms with Gasteiger partial charge in [0.05, 0.1) is 6.04 Å². The number of nitrogens with one attached hydrogen (secondary N) is 1. The molecule has 0 fully saturated rings. The Morgan fingerprint density at radius 1 is 1.06 bits per heavy atom. The van der Waals surface area contributed by atoms with E-state index in [1.54, 1.807) is 11.3 Å². The van der Waals surface area contributed by atoms with Gasteiger partial charge in [0.1, 0.15) is 0 Å². The maximum Gasteiger partial charge on any atom is 0.0590 e. The quantitative estimate of drug-likeness (QED) is 0.859. The van der Waals surface area contributed by atoms with Crippen LogP contribution in [0.4, 0.5) is 0 Å². The van der Waals surface area contributed by atoms with Crippen LogP contribution in [-0.4, -0.2) is 6.54 Å². The molecule has 96 valence electrons. The Bertz CT molecular complexity index is 528. The van der Waals surface area contributed by atoms with Crippen LogP contribution >= 0.6 is 11.3 Å². The van der Waals surface area contributed by atoms with Gasteiger partial charge in [-0.25, -0.2) is 0 Å². The predicted molar refractivity (Wildman–Crippen MR) is 80.5 cm³/mol. The van der Waals surface area contributed by atoms with Gasteiger partial charge in [0, 0.05) is 0 Å². The van der Waals surface area contributed by atoms with Crippen molar-refractivity contribution in [2.75, 3.05) is 6.54 Å². The van der Waals surface area contributed by atoms with Crippen LogP contribution in [0.1, 0.15) is 40.8 Å². The third-order valence-corrected chi connectivity index (χ3v) is 4.45. The highest BCUT2D eigenvalue weighted by Gasteiger charge is 2.18. The summed E-state index contributed by atoms with van der Waals surface area (Å²) in [5.74, 6) is 0. The lowest BCUT2D eigenvalue weighted by atomic mass is 9.92. The van der Waals surface area contributed by atoms with Crippen molar-refractivity contribution in [2.45, 2.75) is 33.7 Å². The van der Waals surface area contributed by atoms with Gasteiger partial charge >= 0.3 is 0 Å². The number of hydrogen-bond donors (Lipinski definition) is 1. The van der Waals surface area contributed by atoms with Gasteiger partial charge in [0.15, 0.2) is 0 Å². The highest BCUT2D eigenvalue weighted by atomic mass is 32.1. The molecule has 0 aliphatic heterocycles. The van der Waals surface area contributed by atoms with Crippen molar-refractivity contribution in [2.24, 2.45) is 0 Å². The van der Waals surface area contributed by atoms with Gasteiger partial charge in [0.2, 0.25) is 0 Å². The van der Waals surface area contributed by atoms with Crippen molar-refractivity contribution < 1.29 is 0 Å². The monoisotopic (exact) mass is 259 g/mol. The number of hydrogen-bond acceptors (Lipinski definition) is 2. The number of benzene rings is 1. The molecule has 2 heteroatoms. The SMILES string of the molecule is CCNC(c1cscc1C)c1cccc(C)c1C. The van der Waals surface area contributed by atoms with E-state index in [0.717, 1.165) is 6.54 Å². The molecule has 1 heterocycles. The van der Waals surface area contributed by atoms with Gasteiger partial charge < -0.3 is 5.32 Å². The Labute approximate surface area is 114 Å². The molecule has 2 aromatic rings. The highest BCUT2D eigenvalue weighted by Crippen LogP contribution is 2.30. The molecule has 0 radical (unpaired) electrons. The van der Waals surface area contributed by atoms with Crippen LogP contribution in [0.2, 0.25) is 0 Å². The van der Waals surface area contributed by atoms with Crippen LogP contribution in [0.5, 0.6) is 0 Å². The van der Waals surface area contributed by atoms with Crippen LogP contribution in [0.3, 0.4) is 0 Å². The van der Waals surface area contributed by atoms with E-state index >= 15 is 0 Å². The summed E-state index contributed by atoms with van der Waals surface area (Å²) in [6, 6.07) is 6.90. The van der Waals surface area contributed by atoms with Crippen LogP contribution in [0.15, 0.2) is 29.0 Å². The van der Waals surface area contributed by atoms with E-state index < -0.39 is 0 Å². The van der Waals surface area contributed by atoms with Crippen molar-refractivity contribution in [1.82, 2.24) is 5.32 Å². The third-order valence-electron chi connectivity index (χ3n) is 3.57. The normalized spacial score (nSPS) is 12.7. The van der Waals surface area contributed by atoms with E-state index in [0.29, 0.717) is 6.04 Å². The molecule has 0 saturated heterocycles. The lowest BCUT2D eigenvalue weighted by Gasteiger charge is -2.21. The van der Waals surface area contributed by atoms with Gasteiger partial charge in [-0.2, -0.15) is 11.3 Å². The second kappa shape index (κ2) is 5.68. The Morgan fingerprint density at radius 2 is 1.83 bits per heavy atom. The number of rotatable bonds is 4. The Kier molecular flexibility index (Phi) is 4.20. The van der Waals surface area contributed by atoms with Gasteiger partial charge in [-0.1, -0.05) is 25.1 Å². The zero-order valence-electron chi connectivity index (χ0n) is 11.6. The zero-order valence-corrected chi connectivity index (χ0v) is 12.4. The van der Waals surface area contributed by atoms with E-state index in [4.69, 9.17) is 0 Å². The van der Waals surface area contributed by atoms with Crippen molar-refractivity contribution in [3.8, 4) is 0 Å². The molecule has 0 aliphatic rings. The maximum atomic E-state index is 3.62. The maximum absolute atomic E-state index is 3.62. The van der Waals surface area contributed by atoms with E-state index in [1.165, 1.54) is 27.8 Å². The van der Waals surface area contributed by atoms with E-state index in [2.05, 4.69) is 62.0 Å². The van der Waals surface area contributed by atoms with Crippen molar-refractivity contribution >= 4 is 11.3 Å². The highest BCUT2D eigenvalue weighted by molar-refractivity contribution is 7.08. The fourth-order valence-electron chi connectivity index (χ4n) is 2.34. The summed E-state index contributed by atoms with van der Waals surface area (Å²) in [4.78, 5) is 0. The van der Waals surface area contributed by atoms with Crippen molar-refractivity contribution in [1.29, 1.82) is 0 Å². The average molecular weight is 259 g/mol. The number of thiophene rings is 1. The molecule has 0 amide bonds. The van der Waals surface area contributed by atoms with Crippen LogP contribution in [-0.2, 0) is 0 Å². The van der Waals surface area contributed by atoms with Crippen LogP contribution in [0, 0.1) is 20.8 Å². The van der Waals surface area contributed by atoms with Gasteiger partial charge in [-0.3, -0.25) is 0 Å². The minimum absolute atomic E-state index is 0.321. The van der Waals surface area contributed by atoms with Crippen LogP contribution < -0.4 is 5.32 Å². The van der Waals surface area contributed by atoms with Crippen molar-refractivity contribution in [3.63, 3.8) is 0 Å². The molecule has 1 unspecified atom stereocenters. The summed E-state index contributed by atoms with van der Waals surface area (Å²) in [6.45, 7) is 9.74. The molecule has 0 spiro atoms. The molecule has 1 aromatic carbocycles. The third kappa shape index (κ3) is 2.50. The van der Waals surface area contributed by atoms with Crippen LogP contribution in [0.25, 0.3) is 0 Å². The van der Waals surface area contributed by atoms with Crippen molar-refractivity contribution in [3.05, 3.63) is 56.8 Å². The largest absolute Gasteiger partial charge is 0.306 e. The molecule has 0 saturated carbocycles. The molecule has 0 bridgehead atoms. The standard InChI is InChI=1S/C16H21NS/c1-5-17-16(15-10-18-9-12(15)3)14-8-6-7-11(2)13(14)4/h6-10,16-17H,5H2,1-4H3. The Hall–Kier alpha value is -1.12. The molecule has 0 aliphatic carbocycles. The zero-order chi connectivity index (χ0) is 13.1. The minimum Gasteiger partial charge on any atom is -0.306 e. The lowest BCUT2D eigenvalue weighted by molar-refractivity contribution is 0.626. The van der Waals surface area contributed by atoms with Gasteiger partial charge in [0.25, 0.3) is 0 Å². The molecule has 1 N–H and O–H groups in total. The fourth-order valence-corrected chi connectivity index (χ4v) is 3.22. The van der Waals surface area contributed by atoms with Gasteiger partial charge in [-0.15, -0.1) is 0 Å². The molecule has 1 aromatic heterocycles. The molecular formula is C16H21NS. The average Bonchev–Trinajstić information content (AvgIpc) is 2.76. The Balaban J connectivity index is 2.48. The van der Waals surface area contributed by atoms with E-state index in [9.17, 15) is 0 Å². The van der Waals surface area contributed by atoms with E-state index in [1.807, 2.05) is 0 Å². The molecule has 2 rings (SSSR count). The first kappa shape index (κ1) is 13.3. The fraction of sp³-hybridized carbons (Fsp3) is 0.375. The first-order chi connectivity index (χ1) is 8.65. The summed E-state index contributed by atoms with van der Waals surface area (Å²) in [5, 5.41) is 8.11. The van der Waals surface area contributed by atoms with Gasteiger partial charge in [-0.05, 0) is 65.9 Å². The topological polar surface area (TPSA) is 12.0 Å². The minimum atomic E-state index is 0.321. The second-order valence-electron chi connectivity index (χ2n) is 4.79. The smallest absolute Gasteiger partial charge is 0.0590 e. The second-order valence-corrected chi connectivity index (χ2v) is 5.53. The molecular weight excluding hydrogens is 238 g/mol. The number of aryl methyl sites for hydroxylation is 2. The van der Waals surface area contributed by atoms with E-state index in [-0.39, 0.29) is 0 Å². The summed E-state index contributed by atoms with van der Waals surface area (Å²) in [6.07, 6.45) is 0. The molecule has 1 atom stereocenters. The summed E-state index contributed by atoms with van der Waals surface area (Å²) >= 11 is 1.79. The first-order valence-corrected chi connectivity index (χ1v) is 7.41. The summed E-state index contributed by atoms with van der Waals surface area (Å²) in [5.41, 5.74) is 6.96. The summed E-state index contributed by atoms with van der Waals surface area (Å²) in [7, 11) is 0. The predicted octanol–water partition coefficient (Wildman–Crippen LogP) is 4.37. The molecule has 18 heavy (non-hydrogen) atoms. The Morgan fingerprint density at radius 3 is 2.44 bits per heavy atom. The lowest BCUT2D eigenvalue weighted by Crippen LogP contribution is -2.23. The molecule has 1 nitrogen and oxygen atoms in total.